The van der Waals surface area contributed by atoms with Gasteiger partial charge in [-0.3, -0.25) is 0 Å². The first-order valence-electron chi connectivity index (χ1n) is 4.16. The molecule has 2 nitrogen and oxygen atoms in total. The Bertz CT molecular complexity index is 153. The molecule has 0 bridgehead atoms. The summed E-state index contributed by atoms with van der Waals surface area (Å²) in [7, 11) is 2.23. The second-order valence-electron chi connectivity index (χ2n) is 3.60. The van der Waals surface area contributed by atoms with E-state index in [9.17, 15) is 0 Å². The first-order valence-corrected chi connectivity index (χ1v) is 7.20. The molecule has 0 aromatic rings. The number of likely N-dealkylation sites (tertiary alicyclic amines) is 1. The van der Waals surface area contributed by atoms with Gasteiger partial charge in [-0.2, -0.15) is 0 Å². The molecule has 3 heteroatoms. The minimum absolute atomic E-state index is 0.0352. The van der Waals surface area contributed by atoms with E-state index in [0.717, 1.165) is 12.0 Å². The van der Waals surface area contributed by atoms with Gasteiger partial charge in [0.2, 0.25) is 0 Å². The summed E-state index contributed by atoms with van der Waals surface area (Å²) in [6.45, 7) is 1.18. The average Bonchev–Trinajstić information content (AvgIpc) is 2.67. The number of nitrogens with zero attached hydrogens (tertiary/aromatic N) is 1. The number of hydrogen-bond donors (Lipinski definition) is 0. The molecule has 2 fully saturated rings. The molecule has 0 spiro atoms. The summed E-state index contributed by atoms with van der Waals surface area (Å²) in [5, 5.41) is 0. The van der Waals surface area contributed by atoms with Crippen LogP contribution in [0, 0.1) is 5.92 Å². The number of likely N-dealkylation sites (N-methyl/N-ethyl adjacent to an activating group) is 1. The van der Waals surface area contributed by atoms with Crippen LogP contribution < -0.4 is 21.6 Å². The Labute approximate surface area is 79.1 Å². The molecule has 2 rings (SSSR count). The Hall–Kier alpha value is 0.650. The zero-order valence-electron chi connectivity index (χ0n) is 7.09. The average molecular weight is 268 g/mol. The standard InChI is InChI=1S/C8H15INO/c1-9-11-7-3-6-4-8(6)10(2)5-7/h6-8H,3-5H2,1-2H3/q-1/t6-,7?,8+/m0/s1. The molecule has 1 saturated heterocycles. The molecule has 2 aliphatic rings. The van der Waals surface area contributed by atoms with Gasteiger partial charge in [0.05, 0.1) is 0 Å². The SMILES string of the molecule is C[I-]OC1C[C@H]2C[C@H]2N(C)C1. The van der Waals surface area contributed by atoms with E-state index in [2.05, 4.69) is 16.9 Å². The van der Waals surface area contributed by atoms with E-state index in [0.29, 0.717) is 6.10 Å². The third-order valence-electron chi connectivity index (χ3n) is 2.72. The maximum atomic E-state index is 5.72. The van der Waals surface area contributed by atoms with Crippen LogP contribution in [0.15, 0.2) is 0 Å². The molecule has 1 heterocycles. The van der Waals surface area contributed by atoms with E-state index in [1.165, 1.54) is 19.4 Å². The van der Waals surface area contributed by atoms with Gasteiger partial charge in [-0.15, -0.1) is 0 Å². The Morgan fingerprint density at radius 3 is 2.91 bits per heavy atom. The predicted molar refractivity (Wildman–Crippen MR) is 39.9 cm³/mol. The van der Waals surface area contributed by atoms with Crippen molar-refractivity contribution in [3.05, 3.63) is 0 Å². The fourth-order valence-corrected chi connectivity index (χ4v) is 3.17. The molecule has 11 heavy (non-hydrogen) atoms. The number of hydrogen-bond acceptors (Lipinski definition) is 2. The normalized spacial score (nSPS) is 44.0. The fraction of sp³-hybridized carbons (Fsp3) is 1.00. The van der Waals surface area contributed by atoms with E-state index in [-0.39, 0.29) is 21.6 Å². The van der Waals surface area contributed by atoms with Gasteiger partial charge in [-0.25, -0.2) is 0 Å². The Balaban J connectivity index is 1.85. The Morgan fingerprint density at radius 1 is 1.45 bits per heavy atom. The van der Waals surface area contributed by atoms with E-state index in [4.69, 9.17) is 3.07 Å². The van der Waals surface area contributed by atoms with Crippen LogP contribution in [-0.4, -0.2) is 35.6 Å². The van der Waals surface area contributed by atoms with Crippen LogP contribution in [0.5, 0.6) is 0 Å². The van der Waals surface area contributed by atoms with Crippen LogP contribution in [0.4, 0.5) is 0 Å². The molecule has 0 amide bonds. The van der Waals surface area contributed by atoms with Crippen LogP contribution in [0.3, 0.4) is 0 Å². The molecule has 0 N–H and O–H groups in total. The van der Waals surface area contributed by atoms with Crippen LogP contribution in [0.2, 0.25) is 0 Å². The summed E-state index contributed by atoms with van der Waals surface area (Å²) in [5.74, 6) is 0.981. The molecule has 0 radical (unpaired) electrons. The van der Waals surface area contributed by atoms with Crippen molar-refractivity contribution in [1.82, 2.24) is 4.90 Å². The van der Waals surface area contributed by atoms with E-state index in [1.54, 1.807) is 0 Å². The van der Waals surface area contributed by atoms with E-state index >= 15 is 0 Å². The molecular weight excluding hydrogens is 253 g/mol. The molecule has 1 aliphatic carbocycles. The van der Waals surface area contributed by atoms with Crippen molar-refractivity contribution >= 4 is 0 Å². The molecule has 66 valence electrons. The first kappa shape index (κ1) is 8.26. The van der Waals surface area contributed by atoms with Gasteiger partial charge in [-0.05, 0) is 0 Å². The van der Waals surface area contributed by atoms with Gasteiger partial charge < -0.3 is 0 Å². The van der Waals surface area contributed by atoms with Crippen LogP contribution in [-0.2, 0) is 3.07 Å². The quantitative estimate of drug-likeness (QED) is 0.414. The van der Waals surface area contributed by atoms with Crippen molar-refractivity contribution in [2.45, 2.75) is 25.0 Å². The monoisotopic (exact) mass is 268 g/mol. The molecule has 3 atom stereocenters. The van der Waals surface area contributed by atoms with Gasteiger partial charge in [0.15, 0.2) is 0 Å². The van der Waals surface area contributed by atoms with Crippen LogP contribution >= 0.6 is 0 Å². The van der Waals surface area contributed by atoms with Gasteiger partial charge in [-0.1, -0.05) is 0 Å². The van der Waals surface area contributed by atoms with Crippen molar-refractivity contribution < 1.29 is 24.7 Å². The van der Waals surface area contributed by atoms with Crippen molar-refractivity contribution in [2.75, 3.05) is 18.5 Å². The summed E-state index contributed by atoms with van der Waals surface area (Å²) in [6.07, 6.45) is 3.34. The number of halogens is 1. The van der Waals surface area contributed by atoms with Crippen molar-refractivity contribution in [1.29, 1.82) is 0 Å². The summed E-state index contributed by atoms with van der Waals surface area (Å²) < 4.78 is 5.72. The summed E-state index contributed by atoms with van der Waals surface area (Å²) in [5.41, 5.74) is 0. The van der Waals surface area contributed by atoms with Gasteiger partial charge in [0, 0.05) is 0 Å². The second kappa shape index (κ2) is 3.18. The minimum atomic E-state index is 0.0352. The molecule has 0 aromatic carbocycles. The van der Waals surface area contributed by atoms with Gasteiger partial charge >= 0.3 is 79.0 Å². The van der Waals surface area contributed by atoms with Crippen LogP contribution in [0.25, 0.3) is 0 Å². The number of rotatable bonds is 2. The van der Waals surface area contributed by atoms with Crippen molar-refractivity contribution in [3.63, 3.8) is 0 Å². The molecule has 0 aromatic heterocycles. The maximum absolute atomic E-state index is 5.72. The Morgan fingerprint density at radius 2 is 2.27 bits per heavy atom. The molecule has 1 unspecified atom stereocenters. The summed E-state index contributed by atoms with van der Waals surface area (Å²) in [4.78, 5) is 4.66. The molecule has 1 saturated carbocycles. The topological polar surface area (TPSA) is 12.5 Å². The van der Waals surface area contributed by atoms with E-state index in [1.807, 2.05) is 0 Å². The third-order valence-corrected chi connectivity index (χ3v) is 3.95. The number of alkyl halides is 1. The van der Waals surface area contributed by atoms with Crippen molar-refractivity contribution in [2.24, 2.45) is 5.92 Å². The van der Waals surface area contributed by atoms with Gasteiger partial charge in [0.25, 0.3) is 0 Å². The summed E-state index contributed by atoms with van der Waals surface area (Å²) in [6, 6.07) is 0.921. The fourth-order valence-electron chi connectivity index (χ4n) is 2.08. The zero-order chi connectivity index (χ0) is 7.84. The molecular formula is C8H15INO-. The number of piperidine rings is 1. The molecule has 1 aliphatic heterocycles. The predicted octanol–water partition coefficient (Wildman–Crippen LogP) is -2.27. The number of fused-ring (bicyclic) bond motifs is 1. The third kappa shape index (κ3) is 1.70. The van der Waals surface area contributed by atoms with Crippen LogP contribution in [0.1, 0.15) is 12.8 Å². The van der Waals surface area contributed by atoms with E-state index < -0.39 is 0 Å². The second-order valence-corrected chi connectivity index (χ2v) is 4.99. The van der Waals surface area contributed by atoms with Crippen molar-refractivity contribution in [3.8, 4) is 0 Å². The summed E-state index contributed by atoms with van der Waals surface area (Å²) >= 11 is 0.0352. The Kier molecular flexibility index (Phi) is 2.39. The zero-order valence-corrected chi connectivity index (χ0v) is 9.24. The first-order chi connectivity index (χ1) is 5.31. The van der Waals surface area contributed by atoms with Gasteiger partial charge in [0.1, 0.15) is 0 Å².